The maximum absolute atomic E-state index is 3.52. The van der Waals surface area contributed by atoms with Gasteiger partial charge in [-0.3, -0.25) is 0 Å². The largest absolute Gasteiger partial charge is 0.133 e. The van der Waals surface area contributed by atoms with Crippen molar-refractivity contribution >= 4 is 7.85 Å². The first kappa shape index (κ1) is 5.54. The highest BCUT2D eigenvalue weighted by Gasteiger charge is 1.64. The summed E-state index contributed by atoms with van der Waals surface area (Å²) >= 11 is 0. The predicted octanol–water partition coefficient (Wildman–Crippen LogP) is 0.709. The van der Waals surface area contributed by atoms with Gasteiger partial charge in [0.25, 0.3) is 0 Å². The average molecular weight is 79.9 g/mol. The molecule has 0 nitrogen and oxygen atoms in total. The second-order valence-electron chi connectivity index (χ2n) is 1.48. The Morgan fingerprint density at radius 1 is 1.83 bits per heavy atom. The van der Waals surface area contributed by atoms with Crippen molar-refractivity contribution in [3.63, 3.8) is 0 Å². The van der Waals surface area contributed by atoms with E-state index in [2.05, 4.69) is 6.58 Å². The van der Waals surface area contributed by atoms with Gasteiger partial charge in [-0.1, -0.05) is 25.7 Å². The van der Waals surface area contributed by atoms with E-state index in [9.17, 15) is 0 Å². The summed E-state index contributed by atoms with van der Waals surface area (Å²) in [6.07, 6.45) is 3.76. The number of hydrogen-bond donors (Lipinski definition) is 0. The van der Waals surface area contributed by atoms with Gasteiger partial charge < -0.3 is 0 Å². The summed E-state index contributed by atoms with van der Waals surface area (Å²) in [5.74, 6) is 0. The molecule has 0 amide bonds. The topological polar surface area (TPSA) is 0 Å². The highest BCUT2D eigenvalue weighted by Crippen LogP contribution is 1.79. The Bertz CT molecular complexity index is 68.0. The van der Waals surface area contributed by atoms with E-state index < -0.39 is 0 Å². The second-order valence-corrected chi connectivity index (χ2v) is 1.48. The van der Waals surface area contributed by atoms with Crippen LogP contribution in [0.4, 0.5) is 0 Å². The zero-order chi connectivity index (χ0) is 4.99. The molecule has 0 radical (unpaired) electrons. The molecule has 6 heavy (non-hydrogen) atoms. The second kappa shape index (κ2) is 2.76. The molecule has 0 aliphatic carbocycles. The van der Waals surface area contributed by atoms with E-state index >= 15 is 0 Å². The summed E-state index contributed by atoms with van der Waals surface area (Å²) in [5, 5.41) is 0. The highest BCUT2D eigenvalue weighted by atomic mass is 13.6. The van der Waals surface area contributed by atoms with Crippen molar-refractivity contribution in [2.24, 2.45) is 0 Å². The lowest BCUT2D eigenvalue weighted by Gasteiger charge is -1.75. The molecule has 0 aromatic heterocycles. The maximum Gasteiger partial charge on any atom is 0.133 e. The molecule has 1 heteroatoms. The van der Waals surface area contributed by atoms with E-state index in [4.69, 9.17) is 0 Å². The predicted molar refractivity (Wildman–Crippen MR) is 32.5 cm³/mol. The highest BCUT2D eigenvalue weighted by molar-refractivity contribution is 6.21. The first-order valence-corrected chi connectivity index (χ1v) is 2.03. The summed E-state index contributed by atoms with van der Waals surface area (Å²) in [7, 11) is 2.04. The first-order chi connectivity index (χ1) is 2.77. The molecule has 0 bridgehead atoms. The Hall–Kier alpha value is -0.455. The van der Waals surface area contributed by atoms with E-state index in [1.54, 1.807) is 6.08 Å². The van der Waals surface area contributed by atoms with E-state index in [1.807, 2.05) is 20.8 Å². The van der Waals surface area contributed by atoms with Gasteiger partial charge in [0, 0.05) is 0 Å². The Labute approximate surface area is 40.0 Å². The van der Waals surface area contributed by atoms with Crippen LogP contribution in [-0.4, -0.2) is 7.85 Å². The van der Waals surface area contributed by atoms with Crippen LogP contribution in [0, 0.1) is 0 Å². The lowest BCUT2D eigenvalue weighted by molar-refractivity contribution is 1.67. The molecule has 0 N–H and O–H groups in total. The fourth-order valence-electron chi connectivity index (χ4n) is 0.236. The summed E-state index contributed by atoms with van der Waals surface area (Å²) in [5.41, 5.74) is 1.30. The van der Waals surface area contributed by atoms with E-state index in [1.165, 1.54) is 5.47 Å². The van der Waals surface area contributed by atoms with Crippen LogP contribution < -0.4 is 0 Å². The molecule has 0 spiro atoms. The van der Waals surface area contributed by atoms with Crippen molar-refractivity contribution in [3.05, 3.63) is 24.2 Å². The molecule has 0 unspecified atom stereocenters. The smallest absolute Gasteiger partial charge is 0.113 e. The van der Waals surface area contributed by atoms with Crippen LogP contribution in [0.25, 0.3) is 0 Å². The van der Waals surface area contributed by atoms with Gasteiger partial charge in [-0.05, 0) is 0 Å². The first-order valence-electron chi connectivity index (χ1n) is 2.03. The van der Waals surface area contributed by atoms with Gasteiger partial charge in [-0.15, -0.1) is 5.47 Å². The van der Waals surface area contributed by atoms with Crippen LogP contribution in [0.3, 0.4) is 0 Å². The number of hydrogen-bond acceptors (Lipinski definition) is 0. The third-order valence-corrected chi connectivity index (χ3v) is 0.451. The van der Waals surface area contributed by atoms with Crippen molar-refractivity contribution in [1.82, 2.24) is 0 Å². The minimum Gasteiger partial charge on any atom is -0.113 e. The van der Waals surface area contributed by atoms with Crippen LogP contribution >= 0.6 is 0 Å². The third-order valence-electron chi connectivity index (χ3n) is 0.451. The Morgan fingerprint density at radius 3 is 2.33 bits per heavy atom. The van der Waals surface area contributed by atoms with Crippen molar-refractivity contribution in [2.45, 2.75) is 6.92 Å². The van der Waals surface area contributed by atoms with Gasteiger partial charge in [0.05, 0.1) is 0 Å². The number of rotatable bonds is 1. The third kappa shape index (κ3) is 3.54. The quantitative estimate of drug-likeness (QED) is 0.321. The van der Waals surface area contributed by atoms with Crippen molar-refractivity contribution in [3.8, 4) is 0 Å². The van der Waals surface area contributed by atoms with E-state index in [-0.39, 0.29) is 0 Å². The van der Waals surface area contributed by atoms with E-state index in [0.29, 0.717) is 0 Å². The molecule has 0 saturated heterocycles. The molecular formula is C5H9B. The molecule has 0 aliphatic heterocycles. The summed E-state index contributed by atoms with van der Waals surface area (Å²) in [6, 6.07) is 0. The SMILES string of the molecule is B/C(C)=C/C=C. The zero-order valence-electron chi connectivity index (χ0n) is 4.36. The number of allylic oxidation sites excluding steroid dienone is 3. The fourth-order valence-corrected chi connectivity index (χ4v) is 0.236. The standard InChI is InChI=1S/C5H9B/c1-3-4-5(2)6/h3-4H,1,6H2,2H3/b5-4+. The minimum absolute atomic E-state index is 1.30. The van der Waals surface area contributed by atoms with E-state index in [0.717, 1.165) is 0 Å². The Kier molecular flexibility index (Phi) is 2.56. The Morgan fingerprint density at radius 2 is 2.33 bits per heavy atom. The summed E-state index contributed by atoms with van der Waals surface area (Å²) in [6.45, 7) is 5.57. The summed E-state index contributed by atoms with van der Waals surface area (Å²) < 4.78 is 0. The van der Waals surface area contributed by atoms with Gasteiger partial charge in [0.2, 0.25) is 0 Å². The van der Waals surface area contributed by atoms with Crippen LogP contribution in [0.15, 0.2) is 24.2 Å². The van der Waals surface area contributed by atoms with Crippen LogP contribution in [0.2, 0.25) is 0 Å². The van der Waals surface area contributed by atoms with Crippen LogP contribution in [0.5, 0.6) is 0 Å². The summed E-state index contributed by atoms with van der Waals surface area (Å²) in [4.78, 5) is 0. The lowest BCUT2D eigenvalue weighted by atomic mass is 9.98. The zero-order valence-corrected chi connectivity index (χ0v) is 4.36. The van der Waals surface area contributed by atoms with Gasteiger partial charge in [-0.2, -0.15) is 0 Å². The van der Waals surface area contributed by atoms with Crippen molar-refractivity contribution < 1.29 is 0 Å². The minimum atomic E-state index is 1.30. The molecule has 0 aromatic carbocycles. The van der Waals surface area contributed by atoms with Crippen LogP contribution in [-0.2, 0) is 0 Å². The molecule has 0 aliphatic rings. The molecule has 0 heterocycles. The Balaban J connectivity index is 3.41. The molecule has 0 rings (SSSR count). The normalized spacial score (nSPS) is 11.2. The fraction of sp³-hybridized carbons (Fsp3) is 0.200. The monoisotopic (exact) mass is 80.1 g/mol. The van der Waals surface area contributed by atoms with Crippen LogP contribution in [0.1, 0.15) is 6.92 Å². The van der Waals surface area contributed by atoms with Gasteiger partial charge in [0.15, 0.2) is 0 Å². The van der Waals surface area contributed by atoms with Gasteiger partial charge in [0.1, 0.15) is 7.85 Å². The van der Waals surface area contributed by atoms with Crippen molar-refractivity contribution in [2.75, 3.05) is 0 Å². The van der Waals surface area contributed by atoms with Gasteiger partial charge in [-0.25, -0.2) is 0 Å². The van der Waals surface area contributed by atoms with Crippen molar-refractivity contribution in [1.29, 1.82) is 0 Å². The molecule has 0 aromatic rings. The maximum atomic E-state index is 3.52. The molecule has 0 fully saturated rings. The molecule has 32 valence electrons. The van der Waals surface area contributed by atoms with Gasteiger partial charge >= 0.3 is 0 Å². The lowest BCUT2D eigenvalue weighted by Crippen LogP contribution is -1.64. The molecular weight excluding hydrogens is 70.9 g/mol. The average Bonchev–Trinajstić information content (AvgIpc) is 1.35. The molecule has 0 atom stereocenters. The molecule has 0 saturated carbocycles.